The smallest absolute Gasteiger partial charge is 0.233 e. The minimum absolute atomic E-state index is 0.0651. The number of benzene rings is 1. The van der Waals surface area contributed by atoms with Gasteiger partial charge in [-0.1, -0.05) is 12.1 Å². The molecule has 1 aliphatic carbocycles. The maximum absolute atomic E-state index is 13.3. The average Bonchev–Trinajstić information content (AvgIpc) is 3.41. The summed E-state index contributed by atoms with van der Waals surface area (Å²) in [5.74, 6) is -0.605. The molecule has 6 heteroatoms. The molecule has 1 aliphatic heterocycles. The minimum atomic E-state index is -0.547. The molecule has 1 saturated heterocycles. The average molecular weight is 348 g/mol. The first-order valence-electron chi connectivity index (χ1n) is 8.86. The van der Waals surface area contributed by atoms with Crippen LogP contribution in [-0.4, -0.2) is 42.5 Å². The van der Waals surface area contributed by atoms with Crippen molar-refractivity contribution >= 4 is 11.8 Å². The maximum Gasteiger partial charge on any atom is 0.233 e. The molecule has 1 saturated carbocycles. The van der Waals surface area contributed by atoms with Crippen molar-refractivity contribution in [1.82, 2.24) is 4.90 Å². The largest absolute Gasteiger partial charge is 0.379 e. The number of piperidine rings is 1. The first kappa shape index (κ1) is 17.9. The Morgan fingerprint density at radius 2 is 2.00 bits per heavy atom. The van der Waals surface area contributed by atoms with Gasteiger partial charge in [-0.15, -0.1) is 0 Å². The number of ether oxygens (including phenoxy) is 1. The van der Waals surface area contributed by atoms with Gasteiger partial charge < -0.3 is 15.4 Å². The third-order valence-electron chi connectivity index (χ3n) is 5.52. The molecule has 1 aromatic carbocycles. The molecule has 2 aliphatic rings. The highest BCUT2D eigenvalue weighted by atomic mass is 19.1. The first-order valence-corrected chi connectivity index (χ1v) is 8.86. The van der Waals surface area contributed by atoms with Gasteiger partial charge in [-0.2, -0.15) is 0 Å². The summed E-state index contributed by atoms with van der Waals surface area (Å²) in [4.78, 5) is 26.4. The van der Waals surface area contributed by atoms with Gasteiger partial charge in [-0.05, 0) is 49.8 Å². The Balaban J connectivity index is 1.82. The quantitative estimate of drug-likeness (QED) is 0.856. The van der Waals surface area contributed by atoms with Gasteiger partial charge in [0, 0.05) is 20.1 Å². The summed E-state index contributed by atoms with van der Waals surface area (Å²) in [5, 5.41) is 0. The van der Waals surface area contributed by atoms with Crippen LogP contribution in [0.15, 0.2) is 24.3 Å². The number of amides is 2. The van der Waals surface area contributed by atoms with Crippen LogP contribution in [0.25, 0.3) is 0 Å². The molecule has 25 heavy (non-hydrogen) atoms. The number of likely N-dealkylation sites (tertiary alicyclic amines) is 1. The van der Waals surface area contributed by atoms with Crippen molar-refractivity contribution in [2.45, 2.75) is 56.1 Å². The summed E-state index contributed by atoms with van der Waals surface area (Å²) in [5.41, 5.74) is 5.62. The third kappa shape index (κ3) is 3.54. The molecule has 3 rings (SSSR count). The van der Waals surface area contributed by atoms with E-state index in [-0.39, 0.29) is 36.2 Å². The molecule has 0 radical (unpaired) electrons. The normalized spacial score (nSPS) is 24.8. The number of primary amides is 1. The van der Waals surface area contributed by atoms with E-state index in [9.17, 15) is 14.0 Å². The van der Waals surface area contributed by atoms with E-state index < -0.39 is 5.41 Å². The van der Waals surface area contributed by atoms with Crippen molar-refractivity contribution in [2.75, 3.05) is 13.7 Å². The summed E-state index contributed by atoms with van der Waals surface area (Å²) in [6.07, 6.45) is 3.95. The molecule has 5 nitrogen and oxygen atoms in total. The Morgan fingerprint density at radius 3 is 2.56 bits per heavy atom. The molecule has 1 aromatic rings. The van der Waals surface area contributed by atoms with E-state index in [1.165, 1.54) is 12.1 Å². The lowest BCUT2D eigenvalue weighted by molar-refractivity contribution is -0.143. The van der Waals surface area contributed by atoms with Crippen LogP contribution in [0.4, 0.5) is 4.39 Å². The van der Waals surface area contributed by atoms with Crippen molar-refractivity contribution in [1.29, 1.82) is 0 Å². The third-order valence-corrected chi connectivity index (χ3v) is 5.52. The van der Waals surface area contributed by atoms with Gasteiger partial charge in [0.2, 0.25) is 11.8 Å². The van der Waals surface area contributed by atoms with Gasteiger partial charge in [-0.25, -0.2) is 4.39 Å². The predicted molar refractivity (Wildman–Crippen MR) is 91.3 cm³/mol. The Morgan fingerprint density at radius 1 is 1.32 bits per heavy atom. The van der Waals surface area contributed by atoms with Gasteiger partial charge in [-0.3, -0.25) is 9.59 Å². The van der Waals surface area contributed by atoms with Gasteiger partial charge in [0.05, 0.1) is 17.6 Å². The van der Waals surface area contributed by atoms with Crippen molar-refractivity contribution in [3.63, 3.8) is 0 Å². The van der Waals surface area contributed by atoms with Gasteiger partial charge in [0.15, 0.2) is 0 Å². The highest BCUT2D eigenvalue weighted by Crippen LogP contribution is 2.50. The number of methoxy groups -OCH3 is 1. The second-order valence-electron chi connectivity index (χ2n) is 7.08. The molecule has 0 spiro atoms. The SMILES string of the molecule is CO[C@H]1CCCN(C(=O)C2(c3ccc(F)cc3)CC2)[C@H]1CCC(N)=O. The van der Waals surface area contributed by atoms with Crippen LogP contribution < -0.4 is 5.73 Å². The number of nitrogens with two attached hydrogens (primary N) is 1. The van der Waals surface area contributed by atoms with Crippen LogP contribution in [0.2, 0.25) is 0 Å². The van der Waals surface area contributed by atoms with E-state index in [1.807, 2.05) is 4.90 Å². The number of hydrogen-bond donors (Lipinski definition) is 1. The van der Waals surface area contributed by atoms with E-state index in [0.717, 1.165) is 31.2 Å². The first-order chi connectivity index (χ1) is 12.0. The molecular formula is C19H25FN2O3. The molecule has 0 unspecified atom stereocenters. The lowest BCUT2D eigenvalue weighted by Crippen LogP contribution is -2.54. The lowest BCUT2D eigenvalue weighted by atomic mass is 9.89. The Hall–Kier alpha value is -1.95. The van der Waals surface area contributed by atoms with E-state index in [4.69, 9.17) is 10.5 Å². The topological polar surface area (TPSA) is 72.6 Å². The van der Waals surface area contributed by atoms with Crippen molar-refractivity contribution in [3.05, 3.63) is 35.6 Å². The molecule has 136 valence electrons. The molecule has 2 amide bonds. The summed E-state index contributed by atoms with van der Waals surface area (Å²) in [7, 11) is 1.64. The zero-order chi connectivity index (χ0) is 18.0. The zero-order valence-electron chi connectivity index (χ0n) is 14.5. The predicted octanol–water partition coefficient (Wildman–Crippen LogP) is 2.13. The van der Waals surface area contributed by atoms with Crippen LogP contribution >= 0.6 is 0 Å². The van der Waals surface area contributed by atoms with E-state index >= 15 is 0 Å². The number of hydrogen-bond acceptors (Lipinski definition) is 3. The highest BCUT2D eigenvalue weighted by molar-refractivity contribution is 5.91. The fraction of sp³-hybridized carbons (Fsp3) is 0.579. The van der Waals surface area contributed by atoms with Crippen LogP contribution in [0.5, 0.6) is 0 Å². The molecule has 2 N–H and O–H groups in total. The van der Waals surface area contributed by atoms with Gasteiger partial charge in [0.1, 0.15) is 5.82 Å². The monoisotopic (exact) mass is 348 g/mol. The summed E-state index contributed by atoms with van der Waals surface area (Å²) >= 11 is 0. The van der Waals surface area contributed by atoms with E-state index in [1.54, 1.807) is 19.2 Å². The van der Waals surface area contributed by atoms with Crippen molar-refractivity contribution in [2.24, 2.45) is 5.73 Å². The van der Waals surface area contributed by atoms with E-state index in [0.29, 0.717) is 13.0 Å². The van der Waals surface area contributed by atoms with Crippen LogP contribution in [0.1, 0.15) is 44.1 Å². The number of rotatable bonds is 6. The van der Waals surface area contributed by atoms with E-state index in [2.05, 4.69) is 0 Å². The highest BCUT2D eigenvalue weighted by Gasteiger charge is 2.54. The number of carbonyl (C=O) groups is 2. The zero-order valence-corrected chi connectivity index (χ0v) is 14.5. The fourth-order valence-electron chi connectivity index (χ4n) is 3.98. The summed E-state index contributed by atoms with van der Waals surface area (Å²) < 4.78 is 18.8. The fourth-order valence-corrected chi connectivity index (χ4v) is 3.98. The number of halogens is 1. The molecule has 2 atom stereocenters. The van der Waals surface area contributed by atoms with Gasteiger partial charge in [0.25, 0.3) is 0 Å². The standard InChI is InChI=1S/C19H25FN2O3/c1-25-16-3-2-12-22(15(16)8-9-17(21)23)18(24)19(10-11-19)13-4-6-14(20)7-5-13/h4-7,15-16H,2-3,8-12H2,1H3,(H2,21,23)/t15-,16-/m0/s1. The minimum Gasteiger partial charge on any atom is -0.379 e. The summed E-state index contributed by atoms with van der Waals surface area (Å²) in [6.45, 7) is 0.658. The van der Waals surface area contributed by atoms with Crippen LogP contribution in [0, 0.1) is 5.82 Å². The van der Waals surface area contributed by atoms with Crippen LogP contribution in [-0.2, 0) is 19.7 Å². The molecule has 2 fully saturated rings. The molecule has 1 heterocycles. The Kier molecular flexibility index (Phi) is 5.08. The number of carbonyl (C=O) groups excluding carboxylic acids is 2. The molecule has 0 aromatic heterocycles. The number of nitrogens with zero attached hydrogens (tertiary/aromatic N) is 1. The summed E-state index contributed by atoms with van der Waals surface area (Å²) in [6, 6.07) is 6.08. The van der Waals surface area contributed by atoms with Crippen molar-refractivity contribution in [3.8, 4) is 0 Å². The molecule has 0 bridgehead atoms. The lowest BCUT2D eigenvalue weighted by Gasteiger charge is -2.42. The second kappa shape index (κ2) is 7.12. The molecular weight excluding hydrogens is 323 g/mol. The Labute approximate surface area is 147 Å². The second-order valence-corrected chi connectivity index (χ2v) is 7.08. The van der Waals surface area contributed by atoms with Crippen LogP contribution in [0.3, 0.4) is 0 Å². The van der Waals surface area contributed by atoms with Gasteiger partial charge >= 0.3 is 0 Å². The van der Waals surface area contributed by atoms with Crippen molar-refractivity contribution < 1.29 is 18.7 Å². The maximum atomic E-state index is 13.3. The Bertz CT molecular complexity index is 643.